The van der Waals surface area contributed by atoms with Gasteiger partial charge in [-0.2, -0.15) is 0 Å². The van der Waals surface area contributed by atoms with Gasteiger partial charge >= 0.3 is 0 Å². The van der Waals surface area contributed by atoms with Gasteiger partial charge in [0.25, 0.3) is 0 Å². The second-order valence-electron chi connectivity index (χ2n) is 8.43. The van der Waals surface area contributed by atoms with Crippen LogP contribution in [0, 0.1) is 11.3 Å². The zero-order valence-electron chi connectivity index (χ0n) is 14.5. The minimum absolute atomic E-state index is 0.129. The maximum Gasteiger partial charge on any atom is 0.115 e. The zero-order valence-corrected chi connectivity index (χ0v) is 14.5. The quantitative estimate of drug-likeness (QED) is 0.750. The van der Waals surface area contributed by atoms with Crippen LogP contribution in [-0.2, 0) is 11.8 Å². The number of aryl methyl sites for hydroxylation is 1. The van der Waals surface area contributed by atoms with Crippen LogP contribution < -0.4 is 0 Å². The molecule has 2 heteroatoms. The highest BCUT2D eigenvalue weighted by Gasteiger charge is 2.53. The first kappa shape index (κ1) is 15.3. The molecule has 1 saturated carbocycles. The molecule has 0 amide bonds. The Morgan fingerprint density at radius 2 is 1.87 bits per heavy atom. The van der Waals surface area contributed by atoms with Gasteiger partial charge in [-0.15, -0.1) is 0 Å². The largest absolute Gasteiger partial charge is 0.508 e. The second-order valence-corrected chi connectivity index (χ2v) is 8.43. The van der Waals surface area contributed by atoms with Gasteiger partial charge in [-0.25, -0.2) is 0 Å². The van der Waals surface area contributed by atoms with Gasteiger partial charge in [-0.3, -0.25) is 0 Å². The summed E-state index contributed by atoms with van der Waals surface area (Å²) in [5, 5.41) is 20.1. The molecule has 124 valence electrons. The minimum Gasteiger partial charge on any atom is -0.508 e. The Bertz CT molecular complexity index is 687. The van der Waals surface area contributed by atoms with Gasteiger partial charge < -0.3 is 10.2 Å². The van der Waals surface area contributed by atoms with E-state index in [1.54, 1.807) is 11.1 Å². The number of aromatic hydroxyl groups is 1. The third kappa shape index (κ3) is 1.97. The fourth-order valence-electron chi connectivity index (χ4n) is 6.04. The summed E-state index contributed by atoms with van der Waals surface area (Å²) in [4.78, 5) is 0. The van der Waals surface area contributed by atoms with Crippen molar-refractivity contribution in [3.05, 3.63) is 40.5 Å². The second kappa shape index (κ2) is 4.86. The Labute approximate surface area is 139 Å². The van der Waals surface area contributed by atoms with Crippen molar-refractivity contribution >= 4 is 0 Å². The summed E-state index contributed by atoms with van der Waals surface area (Å²) in [6, 6.07) is 5.95. The first-order chi connectivity index (χ1) is 10.9. The van der Waals surface area contributed by atoms with Crippen molar-refractivity contribution in [1.29, 1.82) is 0 Å². The van der Waals surface area contributed by atoms with Crippen LogP contribution in [-0.4, -0.2) is 16.3 Å². The number of fused-ring (bicyclic) bond motifs is 4. The number of hydrogen-bond acceptors (Lipinski definition) is 2. The van der Waals surface area contributed by atoms with Crippen molar-refractivity contribution in [2.45, 2.75) is 70.8 Å². The number of hydrogen-bond donors (Lipinski definition) is 2. The predicted molar refractivity (Wildman–Crippen MR) is 92.6 cm³/mol. The smallest absolute Gasteiger partial charge is 0.115 e. The Morgan fingerprint density at radius 1 is 1.09 bits per heavy atom. The van der Waals surface area contributed by atoms with E-state index in [-0.39, 0.29) is 16.9 Å². The average Bonchev–Trinajstić information content (AvgIpc) is 2.84. The summed E-state index contributed by atoms with van der Waals surface area (Å²) in [5.74, 6) is 0.801. The molecule has 1 aromatic carbocycles. The molecule has 0 radical (unpaired) electrons. The normalized spacial score (nSPS) is 37.1. The van der Waals surface area contributed by atoms with Crippen LogP contribution in [0.4, 0.5) is 0 Å². The molecule has 0 unspecified atom stereocenters. The highest BCUT2D eigenvalue weighted by molar-refractivity contribution is 5.52. The number of phenols is 1. The van der Waals surface area contributed by atoms with Crippen LogP contribution in [0.1, 0.15) is 64.0 Å². The molecule has 0 saturated heterocycles. The molecule has 2 nitrogen and oxygen atoms in total. The molecular formula is C21H28O2. The molecule has 4 atom stereocenters. The highest BCUT2D eigenvalue weighted by Crippen LogP contribution is 2.62. The summed E-state index contributed by atoms with van der Waals surface area (Å²) in [5.41, 5.74) is 6.36. The molecular weight excluding hydrogens is 284 g/mol. The fourth-order valence-corrected chi connectivity index (χ4v) is 6.04. The summed E-state index contributed by atoms with van der Waals surface area (Å²) in [6.45, 7) is 6.77. The monoisotopic (exact) mass is 312 g/mol. The van der Waals surface area contributed by atoms with Gasteiger partial charge in [-0.1, -0.05) is 31.1 Å². The van der Waals surface area contributed by atoms with E-state index in [0.29, 0.717) is 11.7 Å². The summed E-state index contributed by atoms with van der Waals surface area (Å²) >= 11 is 0. The van der Waals surface area contributed by atoms with Gasteiger partial charge in [0.1, 0.15) is 5.75 Å². The highest BCUT2D eigenvalue weighted by atomic mass is 16.3. The van der Waals surface area contributed by atoms with Crippen molar-refractivity contribution in [2.75, 3.05) is 0 Å². The summed E-state index contributed by atoms with van der Waals surface area (Å²) in [7, 11) is 0. The molecule has 3 aliphatic carbocycles. The first-order valence-corrected chi connectivity index (χ1v) is 9.10. The molecule has 1 fully saturated rings. The lowest BCUT2D eigenvalue weighted by Gasteiger charge is -2.50. The van der Waals surface area contributed by atoms with Crippen LogP contribution in [0.15, 0.2) is 29.3 Å². The number of aliphatic hydroxyl groups excluding tert-OH is 1. The van der Waals surface area contributed by atoms with Gasteiger partial charge in [0.15, 0.2) is 0 Å². The SMILES string of the molecule is C[C@H](O)[C@H]1CCC2=C3CCc4cc(O)ccc4[C@]3(C)CC[C@@]21C. The molecule has 0 aliphatic heterocycles. The molecule has 23 heavy (non-hydrogen) atoms. The van der Waals surface area contributed by atoms with Crippen LogP contribution in [0.5, 0.6) is 5.75 Å². The van der Waals surface area contributed by atoms with E-state index in [1.165, 1.54) is 11.1 Å². The summed E-state index contributed by atoms with van der Waals surface area (Å²) < 4.78 is 0. The third-order valence-corrected chi connectivity index (χ3v) is 7.30. The van der Waals surface area contributed by atoms with Gasteiger partial charge in [-0.05, 0) is 80.0 Å². The van der Waals surface area contributed by atoms with Gasteiger partial charge in [0.2, 0.25) is 0 Å². The Kier molecular flexibility index (Phi) is 3.22. The van der Waals surface area contributed by atoms with Crippen molar-refractivity contribution < 1.29 is 10.2 Å². The lowest BCUT2D eigenvalue weighted by molar-refractivity contribution is 0.0584. The van der Waals surface area contributed by atoms with Crippen LogP contribution in [0.2, 0.25) is 0 Å². The first-order valence-electron chi connectivity index (χ1n) is 9.10. The van der Waals surface area contributed by atoms with Crippen molar-refractivity contribution in [3.63, 3.8) is 0 Å². The van der Waals surface area contributed by atoms with E-state index in [9.17, 15) is 10.2 Å². The average molecular weight is 312 g/mol. The van der Waals surface area contributed by atoms with Crippen molar-refractivity contribution in [3.8, 4) is 5.75 Å². The molecule has 0 aromatic heterocycles. The molecule has 1 aromatic rings. The fraction of sp³-hybridized carbons (Fsp3) is 0.619. The molecule has 0 spiro atoms. The topological polar surface area (TPSA) is 40.5 Å². The number of benzene rings is 1. The molecule has 4 rings (SSSR count). The van der Waals surface area contributed by atoms with Crippen molar-refractivity contribution in [1.82, 2.24) is 0 Å². The van der Waals surface area contributed by atoms with E-state index >= 15 is 0 Å². The lowest BCUT2D eigenvalue weighted by Crippen LogP contribution is -2.42. The maximum absolute atomic E-state index is 10.3. The van der Waals surface area contributed by atoms with Crippen LogP contribution >= 0.6 is 0 Å². The number of phenolic OH excluding ortho intramolecular Hbond substituents is 1. The Morgan fingerprint density at radius 3 is 2.61 bits per heavy atom. The lowest BCUT2D eigenvalue weighted by atomic mass is 9.55. The third-order valence-electron chi connectivity index (χ3n) is 7.30. The maximum atomic E-state index is 10.3. The van der Waals surface area contributed by atoms with Crippen LogP contribution in [0.25, 0.3) is 0 Å². The Hall–Kier alpha value is -1.28. The minimum atomic E-state index is -0.213. The van der Waals surface area contributed by atoms with E-state index in [2.05, 4.69) is 19.9 Å². The molecule has 0 bridgehead atoms. The zero-order chi connectivity index (χ0) is 16.4. The molecule has 2 N–H and O–H groups in total. The van der Waals surface area contributed by atoms with E-state index in [0.717, 1.165) is 38.5 Å². The van der Waals surface area contributed by atoms with Crippen LogP contribution in [0.3, 0.4) is 0 Å². The number of allylic oxidation sites excluding steroid dienone is 2. The van der Waals surface area contributed by atoms with Gasteiger partial charge in [0, 0.05) is 5.41 Å². The standard InChI is InChI=1S/C21H28O2/c1-13(22)16-8-9-19-18-6-4-14-12-15(23)5-7-17(14)21(18,3)11-10-20(16,19)2/h5,7,12-13,16,22-23H,4,6,8-11H2,1-3H3/t13-,16+,20+,21-/m0/s1. The number of rotatable bonds is 1. The molecule has 3 aliphatic rings. The predicted octanol–water partition coefficient (Wildman–Crippen LogP) is 4.48. The Balaban J connectivity index is 1.86. The molecule has 0 heterocycles. The van der Waals surface area contributed by atoms with E-state index in [4.69, 9.17) is 0 Å². The van der Waals surface area contributed by atoms with Gasteiger partial charge in [0.05, 0.1) is 6.10 Å². The van der Waals surface area contributed by atoms with Crippen molar-refractivity contribution in [2.24, 2.45) is 11.3 Å². The van der Waals surface area contributed by atoms with E-state index in [1.807, 2.05) is 19.1 Å². The van der Waals surface area contributed by atoms with E-state index < -0.39 is 0 Å². The number of aliphatic hydroxyl groups is 1. The summed E-state index contributed by atoms with van der Waals surface area (Å²) in [6.07, 6.45) is 6.55.